The Bertz CT molecular complexity index is 2910. The van der Waals surface area contributed by atoms with Crippen molar-refractivity contribution in [2.45, 2.75) is 50.2 Å². The number of methoxy groups -OCH3 is 2. The van der Waals surface area contributed by atoms with E-state index < -0.39 is 52.0 Å². The summed E-state index contributed by atoms with van der Waals surface area (Å²) in [6.45, 7) is 1.77. The van der Waals surface area contributed by atoms with Crippen LogP contribution < -0.4 is 31.8 Å². The average Bonchev–Trinajstić information content (AvgIpc) is 3.62. The Labute approximate surface area is 336 Å². The highest BCUT2D eigenvalue weighted by molar-refractivity contribution is 6.12. The lowest BCUT2D eigenvalue weighted by atomic mass is 9.53. The zero-order valence-corrected chi connectivity index (χ0v) is 32.8. The number of fused-ring (bicyclic) bond motifs is 5. The first-order valence-electron chi connectivity index (χ1n) is 19.3. The third-order valence-corrected chi connectivity index (χ3v) is 12.2. The molecule has 1 saturated heterocycles. The van der Waals surface area contributed by atoms with Crippen molar-refractivity contribution in [2.24, 2.45) is 13.0 Å². The highest BCUT2D eigenvalue weighted by Crippen LogP contribution is 2.62. The van der Waals surface area contributed by atoms with Crippen molar-refractivity contribution in [3.8, 4) is 17.2 Å². The van der Waals surface area contributed by atoms with Gasteiger partial charge in [-0.1, -0.05) is 72.3 Å². The second kappa shape index (κ2) is 14.0. The minimum absolute atomic E-state index is 0.00288. The van der Waals surface area contributed by atoms with Crippen LogP contribution in [0.4, 0.5) is 5.69 Å². The smallest absolute Gasteiger partial charge is 0.347 e. The number of aromatic nitrogens is 5. The summed E-state index contributed by atoms with van der Waals surface area (Å²) in [5, 5.41) is 12.6. The molecule has 4 aromatic carbocycles. The Morgan fingerprint density at radius 1 is 0.881 bits per heavy atom. The van der Waals surface area contributed by atoms with Crippen LogP contribution in [0.2, 0.25) is 0 Å². The quantitative estimate of drug-likeness (QED) is 0.161. The number of hydrogen-bond acceptors (Lipinski definition) is 10. The summed E-state index contributed by atoms with van der Waals surface area (Å²) in [5.74, 6) is -2.17. The van der Waals surface area contributed by atoms with E-state index in [-0.39, 0.29) is 37.4 Å². The number of carbonyl (C=O) groups excluding carboxylic acids is 2. The van der Waals surface area contributed by atoms with E-state index in [4.69, 9.17) is 9.47 Å². The Balaban J connectivity index is 1.16. The molecule has 59 heavy (non-hydrogen) atoms. The molecule has 300 valence electrons. The summed E-state index contributed by atoms with van der Waals surface area (Å²) in [5.41, 5.74) is 4.19. The fourth-order valence-electron chi connectivity index (χ4n) is 9.41. The lowest BCUT2D eigenvalue weighted by molar-refractivity contribution is -0.138. The van der Waals surface area contributed by atoms with Crippen LogP contribution in [0.5, 0.6) is 17.2 Å². The minimum atomic E-state index is -1.54. The Morgan fingerprint density at radius 2 is 1.58 bits per heavy atom. The molecule has 4 heterocycles. The maximum absolute atomic E-state index is 15.3. The first-order valence-corrected chi connectivity index (χ1v) is 19.3. The largest absolute Gasteiger partial charge is 0.508 e. The van der Waals surface area contributed by atoms with Crippen molar-refractivity contribution in [1.29, 1.82) is 0 Å². The van der Waals surface area contributed by atoms with Gasteiger partial charge in [0.05, 0.1) is 54.9 Å². The third-order valence-electron chi connectivity index (χ3n) is 12.2. The normalized spacial score (nSPS) is 20.8. The van der Waals surface area contributed by atoms with Gasteiger partial charge in [0.15, 0.2) is 11.5 Å². The summed E-state index contributed by atoms with van der Waals surface area (Å²) in [6, 6.07) is 25.6. The first kappa shape index (κ1) is 37.4. The molecule has 0 spiro atoms. The molecule has 15 heteroatoms. The number of benzene rings is 4. The van der Waals surface area contributed by atoms with Crippen molar-refractivity contribution < 1.29 is 24.2 Å². The second-order valence-corrected chi connectivity index (χ2v) is 15.2. The zero-order valence-electron chi connectivity index (χ0n) is 32.8. The van der Waals surface area contributed by atoms with Gasteiger partial charge in [0.25, 0.3) is 17.4 Å². The first-order chi connectivity index (χ1) is 28.5. The number of imide groups is 1. The SMILES string of the molecule is COc1cc2nc(CCn3c(=O)n4n(c3=O)C3CC5C(=O)N(Nc6ccc(C)cc6)C(=O)C5(c5ccccc5)C(c5ccccc5O)C3=CC4)c(=O)n(C)c2cc1OC. The molecule has 2 amide bonds. The molecule has 2 aliphatic heterocycles. The zero-order chi connectivity index (χ0) is 41.3. The number of hydrazine groups is 1. The van der Waals surface area contributed by atoms with E-state index >= 15 is 4.79 Å². The number of hydrogen-bond donors (Lipinski definition) is 2. The van der Waals surface area contributed by atoms with E-state index in [1.807, 2.05) is 55.5 Å². The highest BCUT2D eigenvalue weighted by atomic mass is 16.5. The van der Waals surface area contributed by atoms with Crippen LogP contribution in [-0.2, 0) is 41.6 Å². The number of carbonyl (C=O) groups is 2. The third kappa shape index (κ3) is 5.55. The number of anilines is 1. The van der Waals surface area contributed by atoms with E-state index in [2.05, 4.69) is 10.4 Å². The molecule has 4 unspecified atom stereocenters. The molecule has 15 nitrogen and oxygen atoms in total. The molecule has 0 bridgehead atoms. The van der Waals surface area contributed by atoms with Crippen LogP contribution in [0, 0.1) is 12.8 Å². The predicted octanol–water partition coefficient (Wildman–Crippen LogP) is 3.95. The van der Waals surface area contributed by atoms with Gasteiger partial charge in [0.1, 0.15) is 11.4 Å². The number of phenolic OH excluding ortho intramolecular Hbond substituents is 1. The van der Waals surface area contributed by atoms with Crippen molar-refractivity contribution in [3.63, 3.8) is 0 Å². The van der Waals surface area contributed by atoms with E-state index in [9.17, 15) is 24.3 Å². The van der Waals surface area contributed by atoms with Crippen LogP contribution in [0.25, 0.3) is 11.0 Å². The summed E-state index contributed by atoms with van der Waals surface area (Å²) in [7, 11) is 4.61. The van der Waals surface area contributed by atoms with Crippen molar-refractivity contribution in [3.05, 3.63) is 156 Å². The number of aryl methyl sites for hydroxylation is 3. The maximum atomic E-state index is 15.3. The standard InChI is InChI=1S/C44H41N7O8/c1-25-14-16-27(17-15-25)46-50-39(53)30-22-33-28(38(29-12-8-9-13-35(29)52)44(30,41(50)55)26-10-6-5-7-11-26)18-21-49-42(56)48(43(57)51(33)49)20-19-31-40(54)47(2)34-24-37(59-4)36(58-3)23-32(34)45-31/h5-18,23-24,30,33,38,46,52H,19-22H2,1-4H3. The molecule has 2 fully saturated rings. The molecule has 1 aliphatic carbocycles. The lowest BCUT2D eigenvalue weighted by Crippen LogP contribution is -2.53. The minimum Gasteiger partial charge on any atom is -0.508 e. The summed E-state index contributed by atoms with van der Waals surface area (Å²) in [6.07, 6.45) is 1.81. The average molecular weight is 796 g/mol. The predicted molar refractivity (Wildman–Crippen MR) is 218 cm³/mol. The van der Waals surface area contributed by atoms with Gasteiger partial charge in [-0.15, -0.1) is 0 Å². The molecule has 0 radical (unpaired) electrons. The fraction of sp³-hybridized carbons (Fsp3) is 0.273. The van der Waals surface area contributed by atoms with Crippen molar-refractivity contribution >= 4 is 28.5 Å². The number of phenols is 1. The van der Waals surface area contributed by atoms with Crippen LogP contribution in [0.3, 0.4) is 0 Å². The molecule has 9 rings (SSSR count). The molecule has 1 saturated carbocycles. The molecule has 3 aliphatic rings. The van der Waals surface area contributed by atoms with E-state index in [0.717, 1.165) is 15.1 Å². The summed E-state index contributed by atoms with van der Waals surface area (Å²) < 4.78 is 16.1. The molecule has 2 aromatic heterocycles. The second-order valence-electron chi connectivity index (χ2n) is 15.2. The molecular weight excluding hydrogens is 755 g/mol. The van der Waals surface area contributed by atoms with Crippen LogP contribution >= 0.6 is 0 Å². The van der Waals surface area contributed by atoms with E-state index in [1.54, 1.807) is 49.5 Å². The van der Waals surface area contributed by atoms with Gasteiger partial charge in [-0.2, -0.15) is 5.01 Å². The van der Waals surface area contributed by atoms with Gasteiger partial charge < -0.3 is 19.1 Å². The number of nitrogens with one attached hydrogen (secondary N) is 1. The van der Waals surface area contributed by atoms with E-state index in [0.29, 0.717) is 44.9 Å². The van der Waals surface area contributed by atoms with Gasteiger partial charge in [-0.25, -0.2) is 28.5 Å². The Morgan fingerprint density at radius 3 is 2.29 bits per heavy atom. The number of allylic oxidation sites excluding steroid dienone is 2. The highest BCUT2D eigenvalue weighted by Gasteiger charge is 2.69. The molecule has 2 N–H and O–H groups in total. The molecular formula is C44H41N7O8. The fourth-order valence-corrected chi connectivity index (χ4v) is 9.41. The molecule has 6 aromatic rings. The number of ether oxygens (including phenoxy) is 2. The van der Waals surface area contributed by atoms with Crippen LogP contribution in [0.15, 0.2) is 117 Å². The number of nitrogens with zero attached hydrogens (tertiary/aromatic N) is 6. The Kier molecular flexibility index (Phi) is 8.90. The van der Waals surface area contributed by atoms with Gasteiger partial charge in [0, 0.05) is 43.6 Å². The number of amides is 2. The van der Waals surface area contributed by atoms with Gasteiger partial charge in [-0.3, -0.25) is 19.8 Å². The van der Waals surface area contributed by atoms with Gasteiger partial charge >= 0.3 is 11.4 Å². The Hall–Kier alpha value is -7.16. The van der Waals surface area contributed by atoms with E-state index in [1.165, 1.54) is 34.2 Å². The number of para-hydroxylation sites is 1. The van der Waals surface area contributed by atoms with Crippen molar-refractivity contribution in [1.82, 2.24) is 28.5 Å². The van der Waals surface area contributed by atoms with Crippen LogP contribution in [-0.4, -0.2) is 59.6 Å². The molecule has 4 atom stereocenters. The number of aromatic hydroxyl groups is 1. The maximum Gasteiger partial charge on any atom is 0.347 e. The number of rotatable bonds is 9. The van der Waals surface area contributed by atoms with Crippen molar-refractivity contribution in [2.75, 3.05) is 19.6 Å². The summed E-state index contributed by atoms with van der Waals surface area (Å²) in [4.78, 5) is 76.9. The van der Waals surface area contributed by atoms with Gasteiger partial charge in [0.2, 0.25) is 0 Å². The van der Waals surface area contributed by atoms with Crippen LogP contribution in [0.1, 0.15) is 40.8 Å². The van der Waals surface area contributed by atoms with Gasteiger partial charge in [-0.05, 0) is 42.7 Å². The lowest BCUT2D eigenvalue weighted by Gasteiger charge is -2.49. The summed E-state index contributed by atoms with van der Waals surface area (Å²) >= 11 is 0. The monoisotopic (exact) mass is 795 g/mol. The topological polar surface area (TPSA) is 172 Å².